The van der Waals surface area contributed by atoms with Gasteiger partial charge in [-0.3, -0.25) is 14.9 Å². The van der Waals surface area contributed by atoms with Crippen LogP contribution in [0.2, 0.25) is 0 Å². The highest BCUT2D eigenvalue weighted by Gasteiger charge is 2.16. The number of non-ortho nitro benzene ring substituents is 1. The van der Waals surface area contributed by atoms with Gasteiger partial charge in [0.1, 0.15) is 6.07 Å². The molecule has 7 nitrogen and oxygen atoms in total. The number of carbonyl (C=O) groups excluding carboxylic acids is 1. The lowest BCUT2D eigenvalue weighted by atomic mass is 10.1. The van der Waals surface area contributed by atoms with Crippen molar-refractivity contribution >= 4 is 23.0 Å². The maximum Gasteiger partial charge on any atom is 0.270 e. The molecule has 1 amide bonds. The van der Waals surface area contributed by atoms with Crippen LogP contribution in [0.25, 0.3) is 0 Å². The van der Waals surface area contributed by atoms with Crippen LogP contribution in [0.5, 0.6) is 0 Å². The van der Waals surface area contributed by atoms with Gasteiger partial charge in [-0.15, -0.1) is 0 Å². The molecule has 3 N–H and O–H groups in total. The fourth-order valence-electron chi connectivity index (χ4n) is 1.73. The monoisotopic (exact) mass is 282 g/mol. The van der Waals surface area contributed by atoms with Crippen LogP contribution in [0.4, 0.5) is 17.1 Å². The molecule has 7 heteroatoms. The predicted molar refractivity (Wildman–Crippen MR) is 76.6 cm³/mol. The van der Waals surface area contributed by atoms with Crippen molar-refractivity contribution in [2.45, 2.75) is 0 Å². The first-order valence-corrected chi connectivity index (χ1v) is 5.87. The molecule has 2 aromatic carbocycles. The Morgan fingerprint density at radius 3 is 2.67 bits per heavy atom. The Hall–Kier alpha value is -3.40. The van der Waals surface area contributed by atoms with E-state index in [0.717, 1.165) is 6.07 Å². The van der Waals surface area contributed by atoms with Gasteiger partial charge >= 0.3 is 0 Å². The van der Waals surface area contributed by atoms with E-state index >= 15 is 0 Å². The second kappa shape index (κ2) is 5.71. The molecule has 104 valence electrons. The number of carbonyl (C=O) groups is 1. The van der Waals surface area contributed by atoms with Crippen molar-refractivity contribution in [1.29, 1.82) is 5.26 Å². The molecule has 0 unspecified atom stereocenters. The van der Waals surface area contributed by atoms with E-state index in [0.29, 0.717) is 5.69 Å². The number of nitrogen functional groups attached to an aromatic ring is 1. The van der Waals surface area contributed by atoms with Crippen molar-refractivity contribution in [2.24, 2.45) is 0 Å². The smallest absolute Gasteiger partial charge is 0.270 e. The van der Waals surface area contributed by atoms with E-state index < -0.39 is 10.8 Å². The van der Waals surface area contributed by atoms with Gasteiger partial charge in [0, 0.05) is 17.8 Å². The molecule has 0 atom stereocenters. The van der Waals surface area contributed by atoms with Gasteiger partial charge in [0.2, 0.25) is 0 Å². The maximum atomic E-state index is 12.2. The van der Waals surface area contributed by atoms with E-state index in [1.165, 1.54) is 12.1 Å². The van der Waals surface area contributed by atoms with E-state index in [-0.39, 0.29) is 22.5 Å². The fraction of sp³-hybridized carbons (Fsp3) is 0. The van der Waals surface area contributed by atoms with Gasteiger partial charge in [-0.05, 0) is 18.2 Å². The molecule has 2 aromatic rings. The molecule has 0 aliphatic rings. The Labute approximate surface area is 119 Å². The van der Waals surface area contributed by atoms with Crippen molar-refractivity contribution in [3.8, 4) is 6.07 Å². The molecular weight excluding hydrogens is 272 g/mol. The lowest BCUT2D eigenvalue weighted by Gasteiger charge is -2.08. The quantitative estimate of drug-likeness (QED) is 0.508. The normalized spacial score (nSPS) is 9.67. The highest BCUT2D eigenvalue weighted by molar-refractivity contribution is 6.08. The third kappa shape index (κ3) is 2.96. The van der Waals surface area contributed by atoms with E-state index in [2.05, 4.69) is 5.32 Å². The summed E-state index contributed by atoms with van der Waals surface area (Å²) < 4.78 is 0. The first-order valence-electron chi connectivity index (χ1n) is 5.87. The Morgan fingerprint density at radius 1 is 1.29 bits per heavy atom. The topological polar surface area (TPSA) is 122 Å². The van der Waals surface area contributed by atoms with Crippen molar-refractivity contribution in [2.75, 3.05) is 11.1 Å². The SMILES string of the molecule is N#Cc1ccccc1NC(=O)c1cc([N+](=O)[O-])ccc1N. The summed E-state index contributed by atoms with van der Waals surface area (Å²) in [6.45, 7) is 0. The second-order valence-corrected chi connectivity index (χ2v) is 4.14. The van der Waals surface area contributed by atoms with Gasteiger partial charge in [0.15, 0.2) is 0 Å². The fourth-order valence-corrected chi connectivity index (χ4v) is 1.73. The first kappa shape index (κ1) is 14.0. The molecule has 0 fully saturated rings. The number of nitrogens with two attached hydrogens (primary N) is 1. The minimum absolute atomic E-state index is 0.0167. The summed E-state index contributed by atoms with van der Waals surface area (Å²) in [5.74, 6) is -0.612. The summed E-state index contributed by atoms with van der Waals surface area (Å²) in [5.41, 5.74) is 6.14. The van der Waals surface area contributed by atoms with Crippen LogP contribution >= 0.6 is 0 Å². The summed E-state index contributed by atoms with van der Waals surface area (Å²) in [6.07, 6.45) is 0. The average molecular weight is 282 g/mol. The third-order valence-electron chi connectivity index (χ3n) is 2.79. The summed E-state index contributed by atoms with van der Waals surface area (Å²) in [7, 11) is 0. The van der Waals surface area contributed by atoms with Crippen LogP contribution in [0.3, 0.4) is 0 Å². The second-order valence-electron chi connectivity index (χ2n) is 4.14. The van der Waals surface area contributed by atoms with E-state index in [1.807, 2.05) is 6.07 Å². The molecule has 21 heavy (non-hydrogen) atoms. The minimum Gasteiger partial charge on any atom is -0.398 e. The zero-order valence-corrected chi connectivity index (χ0v) is 10.7. The summed E-state index contributed by atoms with van der Waals surface area (Å²) in [5, 5.41) is 22.2. The lowest BCUT2D eigenvalue weighted by molar-refractivity contribution is -0.384. The number of para-hydroxylation sites is 1. The molecular formula is C14H10N4O3. The highest BCUT2D eigenvalue weighted by atomic mass is 16.6. The van der Waals surface area contributed by atoms with Crippen LogP contribution in [0, 0.1) is 21.4 Å². The number of nitro groups is 1. The molecule has 0 bridgehead atoms. The third-order valence-corrected chi connectivity index (χ3v) is 2.79. The van der Waals surface area contributed by atoms with Gasteiger partial charge in [0.25, 0.3) is 11.6 Å². The maximum absolute atomic E-state index is 12.2. The molecule has 2 rings (SSSR count). The minimum atomic E-state index is -0.612. The van der Waals surface area contributed by atoms with Crippen LogP contribution in [0.15, 0.2) is 42.5 Å². The molecule has 0 aliphatic carbocycles. The Morgan fingerprint density at radius 2 is 2.00 bits per heavy atom. The average Bonchev–Trinajstić information content (AvgIpc) is 2.47. The molecule has 0 saturated heterocycles. The zero-order valence-electron chi connectivity index (χ0n) is 10.7. The zero-order chi connectivity index (χ0) is 15.4. The van der Waals surface area contributed by atoms with Crippen molar-refractivity contribution < 1.29 is 9.72 Å². The van der Waals surface area contributed by atoms with Crippen molar-refractivity contribution in [1.82, 2.24) is 0 Å². The molecule has 0 aromatic heterocycles. The van der Waals surface area contributed by atoms with Crippen LogP contribution in [-0.2, 0) is 0 Å². The molecule has 0 saturated carbocycles. The highest BCUT2D eigenvalue weighted by Crippen LogP contribution is 2.22. The van der Waals surface area contributed by atoms with Gasteiger partial charge in [-0.25, -0.2) is 0 Å². The van der Waals surface area contributed by atoms with Crippen molar-refractivity contribution in [3.63, 3.8) is 0 Å². The van der Waals surface area contributed by atoms with Crippen LogP contribution in [-0.4, -0.2) is 10.8 Å². The largest absolute Gasteiger partial charge is 0.398 e. The number of nitro benzene ring substituents is 1. The number of rotatable bonds is 3. The number of nitrogens with one attached hydrogen (secondary N) is 1. The molecule has 0 radical (unpaired) electrons. The molecule has 0 aliphatic heterocycles. The predicted octanol–water partition coefficient (Wildman–Crippen LogP) is 2.30. The Kier molecular flexibility index (Phi) is 3.81. The number of nitrogens with zero attached hydrogens (tertiary/aromatic N) is 2. The molecule has 0 heterocycles. The molecule has 0 spiro atoms. The Bertz CT molecular complexity index is 765. The summed E-state index contributed by atoms with van der Waals surface area (Å²) in [4.78, 5) is 22.3. The van der Waals surface area contributed by atoms with Gasteiger partial charge in [-0.2, -0.15) is 5.26 Å². The number of nitriles is 1. The number of hydrogen-bond acceptors (Lipinski definition) is 5. The van der Waals surface area contributed by atoms with E-state index in [4.69, 9.17) is 11.0 Å². The standard InChI is InChI=1S/C14H10N4O3/c15-8-9-3-1-2-4-13(9)17-14(19)11-7-10(18(20)21)5-6-12(11)16/h1-7H,16H2,(H,17,19). The van der Waals surface area contributed by atoms with E-state index in [1.54, 1.807) is 24.3 Å². The van der Waals surface area contributed by atoms with Crippen molar-refractivity contribution in [3.05, 3.63) is 63.7 Å². The Balaban J connectivity index is 2.35. The summed E-state index contributed by atoms with van der Waals surface area (Å²) >= 11 is 0. The summed E-state index contributed by atoms with van der Waals surface area (Å²) in [6, 6.07) is 12.0. The van der Waals surface area contributed by atoms with Crippen LogP contribution < -0.4 is 11.1 Å². The number of benzene rings is 2. The van der Waals surface area contributed by atoms with Gasteiger partial charge < -0.3 is 11.1 Å². The van der Waals surface area contributed by atoms with Gasteiger partial charge in [0.05, 0.1) is 21.7 Å². The van der Waals surface area contributed by atoms with Gasteiger partial charge in [-0.1, -0.05) is 12.1 Å². The lowest BCUT2D eigenvalue weighted by Crippen LogP contribution is -2.15. The van der Waals surface area contributed by atoms with Crippen LogP contribution in [0.1, 0.15) is 15.9 Å². The number of anilines is 2. The number of amides is 1. The first-order chi connectivity index (χ1) is 10.0. The van der Waals surface area contributed by atoms with E-state index in [9.17, 15) is 14.9 Å². The number of hydrogen-bond donors (Lipinski definition) is 2.